The molecular formula is C15H10BrNOS. The second-order valence-corrected chi connectivity index (χ2v) is 5.84. The number of phenolic OH excluding ortho intramolecular Hbond substituents is 1. The van der Waals surface area contributed by atoms with Crippen LogP contribution in [0.1, 0.15) is 0 Å². The highest BCUT2D eigenvalue weighted by Gasteiger charge is 2.09. The first-order valence-electron chi connectivity index (χ1n) is 5.74. The van der Waals surface area contributed by atoms with Gasteiger partial charge in [0.25, 0.3) is 0 Å². The van der Waals surface area contributed by atoms with E-state index >= 15 is 0 Å². The van der Waals surface area contributed by atoms with E-state index in [0.717, 1.165) is 26.3 Å². The van der Waals surface area contributed by atoms with E-state index in [-0.39, 0.29) is 5.75 Å². The Morgan fingerprint density at radius 2 is 1.89 bits per heavy atom. The van der Waals surface area contributed by atoms with Crippen LogP contribution in [0.25, 0.3) is 21.8 Å². The molecule has 2 aromatic carbocycles. The zero-order chi connectivity index (χ0) is 13.2. The van der Waals surface area contributed by atoms with Crippen LogP contribution in [-0.4, -0.2) is 10.1 Å². The second kappa shape index (κ2) is 5.15. The zero-order valence-electron chi connectivity index (χ0n) is 9.88. The Bertz CT molecular complexity index is 723. The first-order chi connectivity index (χ1) is 9.24. The maximum absolute atomic E-state index is 9.85. The van der Waals surface area contributed by atoms with Crippen molar-refractivity contribution in [2.24, 2.45) is 0 Å². The van der Waals surface area contributed by atoms with Crippen molar-refractivity contribution in [3.05, 3.63) is 58.4 Å². The van der Waals surface area contributed by atoms with Crippen LogP contribution in [0, 0.1) is 0 Å². The molecule has 0 aliphatic heterocycles. The molecular weight excluding hydrogens is 322 g/mol. The highest BCUT2D eigenvalue weighted by molar-refractivity contribution is 9.10. The summed E-state index contributed by atoms with van der Waals surface area (Å²) in [7, 11) is 0. The van der Waals surface area contributed by atoms with Gasteiger partial charge in [-0.25, -0.2) is 4.98 Å². The highest BCUT2D eigenvalue weighted by Crippen LogP contribution is 2.34. The van der Waals surface area contributed by atoms with Crippen LogP contribution in [0.2, 0.25) is 0 Å². The van der Waals surface area contributed by atoms with Crippen LogP contribution < -0.4 is 0 Å². The van der Waals surface area contributed by atoms with E-state index < -0.39 is 0 Å². The number of halogens is 1. The minimum atomic E-state index is 0.262. The van der Waals surface area contributed by atoms with Crippen LogP contribution in [0.5, 0.6) is 5.75 Å². The van der Waals surface area contributed by atoms with Crippen LogP contribution in [-0.2, 0) is 0 Å². The van der Waals surface area contributed by atoms with Crippen molar-refractivity contribution >= 4 is 27.3 Å². The third kappa shape index (κ3) is 2.55. The van der Waals surface area contributed by atoms with E-state index in [4.69, 9.17) is 0 Å². The Balaban J connectivity index is 2.03. The van der Waals surface area contributed by atoms with E-state index in [0.29, 0.717) is 0 Å². The average Bonchev–Trinajstić information content (AvgIpc) is 2.89. The molecule has 94 valence electrons. The number of benzene rings is 2. The molecule has 1 heterocycles. The number of hydrogen-bond donors (Lipinski definition) is 1. The van der Waals surface area contributed by atoms with Crippen molar-refractivity contribution in [2.75, 3.05) is 0 Å². The fourth-order valence-electron chi connectivity index (χ4n) is 1.83. The molecule has 0 fully saturated rings. The molecule has 0 bridgehead atoms. The summed E-state index contributed by atoms with van der Waals surface area (Å²) in [5.74, 6) is 0.262. The number of thiazole rings is 1. The zero-order valence-corrected chi connectivity index (χ0v) is 12.3. The number of para-hydroxylation sites is 1. The number of hydrogen-bond acceptors (Lipinski definition) is 3. The van der Waals surface area contributed by atoms with Gasteiger partial charge in [0.1, 0.15) is 10.8 Å². The van der Waals surface area contributed by atoms with E-state index in [2.05, 4.69) is 20.9 Å². The van der Waals surface area contributed by atoms with E-state index in [1.165, 1.54) is 11.3 Å². The molecule has 4 heteroatoms. The molecule has 0 atom stereocenters. The Morgan fingerprint density at radius 3 is 2.68 bits per heavy atom. The second-order valence-electron chi connectivity index (χ2n) is 4.07. The number of aromatic hydroxyl groups is 1. The largest absolute Gasteiger partial charge is 0.507 e. The van der Waals surface area contributed by atoms with Crippen LogP contribution in [0.15, 0.2) is 58.4 Å². The van der Waals surface area contributed by atoms with Crippen molar-refractivity contribution in [3.63, 3.8) is 0 Å². The topological polar surface area (TPSA) is 33.1 Å². The average molecular weight is 332 g/mol. The first kappa shape index (κ1) is 12.4. The molecule has 0 unspecified atom stereocenters. The maximum Gasteiger partial charge on any atom is 0.127 e. The molecule has 3 rings (SSSR count). The van der Waals surface area contributed by atoms with Crippen molar-refractivity contribution in [1.29, 1.82) is 0 Å². The SMILES string of the molecule is Oc1ccccc1-c1nc(-c2cccc(Br)c2)cs1. The summed E-state index contributed by atoms with van der Waals surface area (Å²) >= 11 is 4.99. The van der Waals surface area contributed by atoms with Gasteiger partial charge < -0.3 is 5.11 Å². The fraction of sp³-hybridized carbons (Fsp3) is 0. The molecule has 3 aromatic rings. The van der Waals surface area contributed by atoms with Gasteiger partial charge in [0.15, 0.2) is 0 Å². The van der Waals surface area contributed by atoms with Gasteiger partial charge >= 0.3 is 0 Å². The Labute approximate surface area is 123 Å². The van der Waals surface area contributed by atoms with Gasteiger partial charge in [-0.1, -0.05) is 40.2 Å². The van der Waals surface area contributed by atoms with Crippen molar-refractivity contribution in [1.82, 2.24) is 4.98 Å². The van der Waals surface area contributed by atoms with Crippen LogP contribution >= 0.6 is 27.3 Å². The van der Waals surface area contributed by atoms with E-state index in [1.807, 2.05) is 47.8 Å². The molecule has 0 saturated heterocycles. The Hall–Kier alpha value is -1.65. The molecule has 0 amide bonds. The predicted octanol–water partition coefficient (Wildman–Crippen LogP) is 4.95. The minimum Gasteiger partial charge on any atom is -0.507 e. The fourth-order valence-corrected chi connectivity index (χ4v) is 3.09. The van der Waals surface area contributed by atoms with Gasteiger partial charge in [-0.15, -0.1) is 11.3 Å². The summed E-state index contributed by atoms with van der Waals surface area (Å²) in [5.41, 5.74) is 2.76. The van der Waals surface area contributed by atoms with Gasteiger partial charge in [0.05, 0.1) is 11.3 Å². The van der Waals surface area contributed by atoms with Gasteiger partial charge in [0.2, 0.25) is 0 Å². The molecule has 0 aliphatic rings. The summed E-state index contributed by atoms with van der Waals surface area (Å²) in [5, 5.41) is 12.7. The monoisotopic (exact) mass is 331 g/mol. The minimum absolute atomic E-state index is 0.262. The summed E-state index contributed by atoms with van der Waals surface area (Å²) in [6, 6.07) is 15.3. The number of nitrogens with zero attached hydrogens (tertiary/aromatic N) is 1. The molecule has 0 saturated carbocycles. The van der Waals surface area contributed by atoms with Crippen LogP contribution in [0.4, 0.5) is 0 Å². The number of aromatic nitrogens is 1. The van der Waals surface area contributed by atoms with Gasteiger partial charge in [-0.2, -0.15) is 0 Å². The molecule has 0 aliphatic carbocycles. The lowest BCUT2D eigenvalue weighted by molar-refractivity contribution is 0.477. The van der Waals surface area contributed by atoms with Crippen molar-refractivity contribution in [2.45, 2.75) is 0 Å². The molecule has 2 nitrogen and oxygen atoms in total. The normalized spacial score (nSPS) is 10.6. The third-order valence-electron chi connectivity index (χ3n) is 2.76. The number of rotatable bonds is 2. The molecule has 0 radical (unpaired) electrons. The van der Waals surface area contributed by atoms with E-state index in [1.54, 1.807) is 6.07 Å². The summed E-state index contributed by atoms with van der Waals surface area (Å²) in [6.45, 7) is 0. The highest BCUT2D eigenvalue weighted by atomic mass is 79.9. The lowest BCUT2D eigenvalue weighted by atomic mass is 10.2. The molecule has 1 N–H and O–H groups in total. The predicted molar refractivity (Wildman–Crippen MR) is 82.4 cm³/mol. The summed E-state index contributed by atoms with van der Waals surface area (Å²) < 4.78 is 1.03. The van der Waals surface area contributed by atoms with Gasteiger partial charge in [-0.3, -0.25) is 0 Å². The lowest BCUT2D eigenvalue weighted by Crippen LogP contribution is -1.80. The standard InChI is InChI=1S/C15H10BrNOS/c16-11-5-3-4-10(8-11)13-9-19-15(17-13)12-6-1-2-7-14(12)18/h1-9,18H. The lowest BCUT2D eigenvalue weighted by Gasteiger charge is -2.00. The number of phenols is 1. The maximum atomic E-state index is 9.85. The molecule has 1 aromatic heterocycles. The smallest absolute Gasteiger partial charge is 0.127 e. The van der Waals surface area contributed by atoms with Gasteiger partial charge in [-0.05, 0) is 24.3 Å². The van der Waals surface area contributed by atoms with Crippen molar-refractivity contribution < 1.29 is 5.11 Å². The van der Waals surface area contributed by atoms with E-state index in [9.17, 15) is 5.11 Å². The summed E-state index contributed by atoms with van der Waals surface area (Å²) in [4.78, 5) is 4.59. The van der Waals surface area contributed by atoms with Crippen LogP contribution in [0.3, 0.4) is 0 Å². The molecule has 19 heavy (non-hydrogen) atoms. The first-order valence-corrected chi connectivity index (χ1v) is 7.41. The summed E-state index contributed by atoms with van der Waals surface area (Å²) in [6.07, 6.45) is 0. The molecule has 0 spiro atoms. The Morgan fingerprint density at radius 1 is 1.05 bits per heavy atom. The Kier molecular flexibility index (Phi) is 3.36. The third-order valence-corrected chi connectivity index (χ3v) is 4.13. The quantitative estimate of drug-likeness (QED) is 0.721. The van der Waals surface area contributed by atoms with Gasteiger partial charge in [0, 0.05) is 15.4 Å². The van der Waals surface area contributed by atoms with Crippen molar-refractivity contribution in [3.8, 4) is 27.6 Å².